The maximum atomic E-state index is 2.59. The number of hydrogen-bond donors (Lipinski definition) is 0. The van der Waals surface area contributed by atoms with Gasteiger partial charge in [0.2, 0.25) is 0 Å². The lowest BCUT2D eigenvalue weighted by Crippen LogP contribution is -2.33. The predicted octanol–water partition coefficient (Wildman–Crippen LogP) is 4.07. The molecule has 0 bridgehead atoms. The maximum Gasteiger partial charge on any atom is 0.0233 e. The molecule has 3 rings (SSSR count). The highest BCUT2D eigenvalue weighted by atomic mass is 15.1. The SMILES string of the molecule is c1ccc(CN2CCC[C@@H](c3ccccc3)C2)cc1. The van der Waals surface area contributed by atoms with Gasteiger partial charge in [-0.2, -0.15) is 0 Å². The van der Waals surface area contributed by atoms with E-state index >= 15 is 0 Å². The molecule has 1 fully saturated rings. The molecule has 98 valence electrons. The topological polar surface area (TPSA) is 3.24 Å². The first-order valence-electron chi connectivity index (χ1n) is 7.23. The van der Waals surface area contributed by atoms with E-state index in [1.807, 2.05) is 0 Å². The van der Waals surface area contributed by atoms with Gasteiger partial charge in [0.15, 0.2) is 0 Å². The predicted molar refractivity (Wildman–Crippen MR) is 80.1 cm³/mol. The van der Waals surface area contributed by atoms with Crippen molar-refractivity contribution in [1.82, 2.24) is 4.90 Å². The van der Waals surface area contributed by atoms with Crippen LogP contribution in [0.25, 0.3) is 0 Å². The second kappa shape index (κ2) is 6.03. The first-order chi connectivity index (χ1) is 9.42. The number of hydrogen-bond acceptors (Lipinski definition) is 1. The molecule has 0 aliphatic carbocycles. The fraction of sp³-hybridized carbons (Fsp3) is 0.333. The minimum absolute atomic E-state index is 0.707. The second-order valence-electron chi connectivity index (χ2n) is 5.47. The van der Waals surface area contributed by atoms with Crippen LogP contribution in [0.5, 0.6) is 0 Å². The first-order valence-corrected chi connectivity index (χ1v) is 7.23. The van der Waals surface area contributed by atoms with E-state index in [9.17, 15) is 0 Å². The van der Waals surface area contributed by atoms with E-state index < -0.39 is 0 Å². The van der Waals surface area contributed by atoms with Crippen molar-refractivity contribution in [2.45, 2.75) is 25.3 Å². The number of rotatable bonds is 3. The molecule has 19 heavy (non-hydrogen) atoms. The Balaban J connectivity index is 1.65. The van der Waals surface area contributed by atoms with Gasteiger partial charge in [-0.1, -0.05) is 60.7 Å². The number of benzene rings is 2. The van der Waals surface area contributed by atoms with Gasteiger partial charge in [-0.15, -0.1) is 0 Å². The van der Waals surface area contributed by atoms with Gasteiger partial charge in [0.05, 0.1) is 0 Å². The van der Waals surface area contributed by atoms with Crippen molar-refractivity contribution in [2.75, 3.05) is 13.1 Å². The van der Waals surface area contributed by atoms with E-state index in [1.54, 1.807) is 0 Å². The van der Waals surface area contributed by atoms with Gasteiger partial charge in [-0.05, 0) is 36.4 Å². The van der Waals surface area contributed by atoms with Gasteiger partial charge in [0, 0.05) is 13.1 Å². The minimum Gasteiger partial charge on any atom is -0.298 e. The van der Waals surface area contributed by atoms with Crippen LogP contribution < -0.4 is 0 Å². The Labute approximate surface area is 115 Å². The normalized spacial score (nSPS) is 20.3. The van der Waals surface area contributed by atoms with Crippen molar-refractivity contribution in [3.8, 4) is 0 Å². The summed E-state index contributed by atoms with van der Waals surface area (Å²) in [5, 5.41) is 0. The average molecular weight is 251 g/mol. The highest BCUT2D eigenvalue weighted by Crippen LogP contribution is 2.27. The van der Waals surface area contributed by atoms with Gasteiger partial charge in [-0.3, -0.25) is 4.90 Å². The molecule has 1 nitrogen and oxygen atoms in total. The third-order valence-corrected chi connectivity index (χ3v) is 4.03. The maximum absolute atomic E-state index is 2.59. The first kappa shape index (κ1) is 12.4. The molecular formula is C18H21N. The third kappa shape index (κ3) is 3.24. The van der Waals surface area contributed by atoms with Crippen LogP contribution in [0.3, 0.4) is 0 Å². The molecule has 1 aliphatic heterocycles. The van der Waals surface area contributed by atoms with Gasteiger partial charge < -0.3 is 0 Å². The largest absolute Gasteiger partial charge is 0.298 e. The van der Waals surface area contributed by atoms with E-state index in [0.717, 1.165) is 6.54 Å². The summed E-state index contributed by atoms with van der Waals surface area (Å²) in [6, 6.07) is 21.8. The molecule has 0 spiro atoms. The summed E-state index contributed by atoms with van der Waals surface area (Å²) in [4.78, 5) is 2.59. The summed E-state index contributed by atoms with van der Waals surface area (Å²) < 4.78 is 0. The summed E-state index contributed by atoms with van der Waals surface area (Å²) in [5.41, 5.74) is 2.93. The van der Waals surface area contributed by atoms with E-state index in [4.69, 9.17) is 0 Å². The Morgan fingerprint density at radius 3 is 2.32 bits per heavy atom. The van der Waals surface area contributed by atoms with Gasteiger partial charge in [-0.25, -0.2) is 0 Å². The van der Waals surface area contributed by atoms with Crippen molar-refractivity contribution in [3.63, 3.8) is 0 Å². The number of nitrogens with zero attached hydrogens (tertiary/aromatic N) is 1. The number of likely N-dealkylation sites (tertiary alicyclic amines) is 1. The molecule has 0 aromatic heterocycles. The monoisotopic (exact) mass is 251 g/mol. The van der Waals surface area contributed by atoms with Crippen LogP contribution in [0, 0.1) is 0 Å². The van der Waals surface area contributed by atoms with Crippen LogP contribution in [0.2, 0.25) is 0 Å². The van der Waals surface area contributed by atoms with Crippen LogP contribution >= 0.6 is 0 Å². The molecule has 2 aromatic rings. The molecule has 1 aliphatic rings. The summed E-state index contributed by atoms with van der Waals surface area (Å²) in [6.45, 7) is 3.52. The highest BCUT2D eigenvalue weighted by molar-refractivity contribution is 5.21. The summed E-state index contributed by atoms with van der Waals surface area (Å²) >= 11 is 0. The van der Waals surface area contributed by atoms with E-state index in [0.29, 0.717) is 5.92 Å². The molecule has 1 saturated heterocycles. The fourth-order valence-electron chi connectivity index (χ4n) is 3.04. The summed E-state index contributed by atoms with van der Waals surface area (Å²) in [7, 11) is 0. The molecule has 0 saturated carbocycles. The minimum atomic E-state index is 0.707. The van der Waals surface area contributed by atoms with Crippen molar-refractivity contribution >= 4 is 0 Å². The van der Waals surface area contributed by atoms with Gasteiger partial charge >= 0.3 is 0 Å². The highest BCUT2D eigenvalue weighted by Gasteiger charge is 2.20. The van der Waals surface area contributed by atoms with Crippen molar-refractivity contribution < 1.29 is 0 Å². The van der Waals surface area contributed by atoms with Crippen molar-refractivity contribution in [1.29, 1.82) is 0 Å². The smallest absolute Gasteiger partial charge is 0.0233 e. The molecule has 1 atom stereocenters. The van der Waals surface area contributed by atoms with E-state index in [-0.39, 0.29) is 0 Å². The molecule has 0 N–H and O–H groups in total. The zero-order valence-electron chi connectivity index (χ0n) is 11.3. The molecular weight excluding hydrogens is 230 g/mol. The average Bonchev–Trinajstić information content (AvgIpc) is 2.49. The lowest BCUT2D eigenvalue weighted by molar-refractivity contribution is 0.200. The van der Waals surface area contributed by atoms with Crippen molar-refractivity contribution in [3.05, 3.63) is 71.8 Å². The van der Waals surface area contributed by atoms with Crippen LogP contribution in [0.4, 0.5) is 0 Å². The van der Waals surface area contributed by atoms with Crippen LogP contribution in [-0.2, 0) is 6.54 Å². The fourth-order valence-corrected chi connectivity index (χ4v) is 3.04. The van der Waals surface area contributed by atoms with E-state index in [1.165, 1.54) is 37.1 Å². The molecule has 0 radical (unpaired) electrons. The molecule has 0 amide bonds. The van der Waals surface area contributed by atoms with Gasteiger partial charge in [0.25, 0.3) is 0 Å². The van der Waals surface area contributed by atoms with Crippen LogP contribution in [0.15, 0.2) is 60.7 Å². The Hall–Kier alpha value is -1.60. The Kier molecular flexibility index (Phi) is 3.95. The molecule has 0 unspecified atom stereocenters. The second-order valence-corrected chi connectivity index (χ2v) is 5.47. The summed E-state index contributed by atoms with van der Waals surface area (Å²) in [5.74, 6) is 0.707. The van der Waals surface area contributed by atoms with E-state index in [2.05, 4.69) is 65.6 Å². The zero-order valence-corrected chi connectivity index (χ0v) is 11.3. The summed E-state index contributed by atoms with van der Waals surface area (Å²) in [6.07, 6.45) is 2.64. The lowest BCUT2D eigenvalue weighted by atomic mass is 9.90. The zero-order chi connectivity index (χ0) is 12.9. The standard InChI is InChI=1S/C18H21N/c1-3-8-16(9-4-1)14-19-13-7-12-18(15-19)17-10-5-2-6-11-17/h1-6,8-11,18H,7,12-15H2/t18-/m1/s1. The number of piperidine rings is 1. The van der Waals surface area contributed by atoms with Gasteiger partial charge in [0.1, 0.15) is 0 Å². The van der Waals surface area contributed by atoms with Crippen molar-refractivity contribution in [2.24, 2.45) is 0 Å². The Morgan fingerprint density at radius 1 is 0.895 bits per heavy atom. The van der Waals surface area contributed by atoms with Crippen LogP contribution in [-0.4, -0.2) is 18.0 Å². The Bertz CT molecular complexity index is 492. The van der Waals surface area contributed by atoms with Crippen LogP contribution in [0.1, 0.15) is 29.9 Å². The molecule has 1 heterocycles. The lowest BCUT2D eigenvalue weighted by Gasteiger charge is -2.33. The Morgan fingerprint density at radius 2 is 1.58 bits per heavy atom. The quantitative estimate of drug-likeness (QED) is 0.795. The molecule has 1 heteroatoms. The molecule has 2 aromatic carbocycles. The third-order valence-electron chi connectivity index (χ3n) is 4.03.